The molecule has 0 saturated heterocycles. The smallest absolute Gasteiger partial charge is 0.324 e. The molecule has 1 amide bonds. The van der Waals surface area contributed by atoms with Gasteiger partial charge in [0.1, 0.15) is 5.69 Å². The van der Waals surface area contributed by atoms with Gasteiger partial charge in [0.25, 0.3) is 5.91 Å². The van der Waals surface area contributed by atoms with Crippen molar-refractivity contribution in [3.05, 3.63) is 77.1 Å². The molecule has 2 N–H and O–H groups in total. The Hall–Kier alpha value is -3.42. The van der Waals surface area contributed by atoms with Crippen molar-refractivity contribution in [3.8, 4) is 0 Å². The Kier molecular flexibility index (Phi) is 5.30. The van der Waals surface area contributed by atoms with E-state index < -0.39 is 17.6 Å². The highest BCUT2D eigenvalue weighted by Crippen LogP contribution is 2.30. The lowest BCUT2D eigenvalue weighted by atomic mass is 10.1. The van der Waals surface area contributed by atoms with Crippen LogP contribution in [0.3, 0.4) is 0 Å². The molecule has 3 aromatic rings. The minimum atomic E-state index is -4.49. The summed E-state index contributed by atoms with van der Waals surface area (Å²) in [5, 5.41) is 5.48. The van der Waals surface area contributed by atoms with Gasteiger partial charge in [0.2, 0.25) is 5.95 Å². The third-order valence-corrected chi connectivity index (χ3v) is 4.19. The quantitative estimate of drug-likeness (QED) is 0.654. The maximum Gasteiger partial charge on any atom is 0.416 e. The lowest BCUT2D eigenvalue weighted by Crippen LogP contribution is -2.15. The second kappa shape index (κ2) is 7.67. The van der Waals surface area contributed by atoms with Gasteiger partial charge in [-0.2, -0.15) is 13.2 Å². The van der Waals surface area contributed by atoms with E-state index in [1.807, 2.05) is 32.0 Å². The van der Waals surface area contributed by atoms with Gasteiger partial charge in [-0.05, 0) is 55.3 Å². The van der Waals surface area contributed by atoms with Crippen molar-refractivity contribution < 1.29 is 18.0 Å². The molecule has 1 aromatic heterocycles. The van der Waals surface area contributed by atoms with Crippen molar-refractivity contribution in [1.82, 2.24) is 9.97 Å². The summed E-state index contributed by atoms with van der Waals surface area (Å²) >= 11 is 0. The molecular weight excluding hydrogens is 369 g/mol. The van der Waals surface area contributed by atoms with Crippen molar-refractivity contribution >= 4 is 23.2 Å². The summed E-state index contributed by atoms with van der Waals surface area (Å²) in [6.45, 7) is 3.92. The number of hydrogen-bond acceptors (Lipinski definition) is 4. The predicted molar refractivity (Wildman–Crippen MR) is 101 cm³/mol. The fourth-order valence-corrected chi connectivity index (χ4v) is 2.52. The standard InChI is InChI=1S/C20H17F3N4O/c1-12-5-3-8-16(13(12)2)26-19-24-10-9-17(27-19)18(28)25-15-7-4-6-14(11-15)20(21,22)23/h3-11H,1-2H3,(H,25,28)(H,24,26,27). The van der Waals surface area contributed by atoms with Gasteiger partial charge in [-0.25, -0.2) is 9.97 Å². The van der Waals surface area contributed by atoms with E-state index in [1.54, 1.807) is 0 Å². The molecule has 3 rings (SSSR count). The molecule has 2 aromatic carbocycles. The highest BCUT2D eigenvalue weighted by molar-refractivity contribution is 6.03. The third-order valence-electron chi connectivity index (χ3n) is 4.19. The zero-order chi connectivity index (χ0) is 20.3. The maximum atomic E-state index is 12.8. The number of anilines is 3. The number of halogens is 3. The molecule has 5 nitrogen and oxygen atoms in total. The van der Waals surface area contributed by atoms with Gasteiger partial charge in [0.15, 0.2) is 0 Å². The summed E-state index contributed by atoms with van der Waals surface area (Å²) in [6, 6.07) is 11.5. The number of aryl methyl sites for hydroxylation is 1. The Morgan fingerprint density at radius 1 is 1.04 bits per heavy atom. The largest absolute Gasteiger partial charge is 0.416 e. The van der Waals surface area contributed by atoms with Crippen LogP contribution in [0.15, 0.2) is 54.7 Å². The average molecular weight is 386 g/mol. The fourth-order valence-electron chi connectivity index (χ4n) is 2.52. The minimum absolute atomic E-state index is 0.0280. The van der Waals surface area contributed by atoms with Gasteiger partial charge in [-0.3, -0.25) is 4.79 Å². The van der Waals surface area contributed by atoms with E-state index in [2.05, 4.69) is 20.6 Å². The third kappa shape index (κ3) is 4.46. The fraction of sp³-hybridized carbons (Fsp3) is 0.150. The van der Waals surface area contributed by atoms with E-state index in [1.165, 1.54) is 24.4 Å². The normalized spacial score (nSPS) is 11.2. The summed E-state index contributed by atoms with van der Waals surface area (Å²) in [7, 11) is 0. The molecular formula is C20H17F3N4O. The predicted octanol–water partition coefficient (Wildman–Crippen LogP) is 5.11. The van der Waals surface area contributed by atoms with E-state index >= 15 is 0 Å². The number of nitrogens with zero attached hydrogens (tertiary/aromatic N) is 2. The van der Waals surface area contributed by atoms with Gasteiger partial charge in [0.05, 0.1) is 5.56 Å². The monoisotopic (exact) mass is 386 g/mol. The maximum absolute atomic E-state index is 12.8. The molecule has 144 valence electrons. The van der Waals surface area contributed by atoms with Crippen LogP contribution in [0.2, 0.25) is 0 Å². The molecule has 0 fully saturated rings. The molecule has 8 heteroatoms. The minimum Gasteiger partial charge on any atom is -0.324 e. The van der Waals surface area contributed by atoms with Crippen LogP contribution in [0.25, 0.3) is 0 Å². The Labute approximate surface area is 159 Å². The Morgan fingerprint density at radius 3 is 2.54 bits per heavy atom. The van der Waals surface area contributed by atoms with Gasteiger partial charge in [-0.15, -0.1) is 0 Å². The van der Waals surface area contributed by atoms with Crippen LogP contribution in [-0.2, 0) is 6.18 Å². The number of hydrogen-bond donors (Lipinski definition) is 2. The van der Waals surface area contributed by atoms with Gasteiger partial charge < -0.3 is 10.6 Å². The second-order valence-electron chi connectivity index (χ2n) is 6.17. The lowest BCUT2D eigenvalue weighted by Gasteiger charge is -2.11. The Morgan fingerprint density at radius 2 is 1.79 bits per heavy atom. The van der Waals surface area contributed by atoms with Crippen molar-refractivity contribution in [3.63, 3.8) is 0 Å². The lowest BCUT2D eigenvalue weighted by molar-refractivity contribution is -0.137. The van der Waals surface area contributed by atoms with Crippen LogP contribution in [0.1, 0.15) is 27.2 Å². The number of carbonyl (C=O) groups excluding carboxylic acids is 1. The van der Waals surface area contributed by atoms with Crippen LogP contribution < -0.4 is 10.6 Å². The number of carbonyl (C=O) groups is 1. The van der Waals surface area contributed by atoms with Crippen LogP contribution in [0, 0.1) is 13.8 Å². The molecule has 0 saturated carbocycles. The number of alkyl halides is 3. The molecule has 0 aliphatic carbocycles. The first-order chi connectivity index (χ1) is 13.2. The molecule has 0 aliphatic rings. The first-order valence-corrected chi connectivity index (χ1v) is 8.39. The highest BCUT2D eigenvalue weighted by Gasteiger charge is 2.30. The van der Waals surface area contributed by atoms with Crippen molar-refractivity contribution in [2.24, 2.45) is 0 Å². The Bertz CT molecular complexity index is 1020. The van der Waals surface area contributed by atoms with Crippen LogP contribution in [0.5, 0.6) is 0 Å². The summed E-state index contributed by atoms with van der Waals surface area (Å²) in [5.74, 6) is -0.420. The number of nitrogens with one attached hydrogen (secondary N) is 2. The zero-order valence-electron chi connectivity index (χ0n) is 15.1. The van der Waals surface area contributed by atoms with E-state index in [9.17, 15) is 18.0 Å². The summed E-state index contributed by atoms with van der Waals surface area (Å²) in [6.07, 6.45) is -3.08. The van der Waals surface area contributed by atoms with Gasteiger partial charge >= 0.3 is 6.18 Å². The SMILES string of the molecule is Cc1cccc(Nc2nccc(C(=O)Nc3cccc(C(F)(F)F)c3)n2)c1C. The number of amides is 1. The van der Waals surface area contributed by atoms with Gasteiger partial charge in [0, 0.05) is 17.6 Å². The van der Waals surface area contributed by atoms with Crippen molar-refractivity contribution in [2.75, 3.05) is 10.6 Å². The van der Waals surface area contributed by atoms with Crippen molar-refractivity contribution in [2.45, 2.75) is 20.0 Å². The van der Waals surface area contributed by atoms with Crippen molar-refractivity contribution in [1.29, 1.82) is 0 Å². The van der Waals surface area contributed by atoms with Gasteiger partial charge in [-0.1, -0.05) is 18.2 Å². The second-order valence-corrected chi connectivity index (χ2v) is 6.17. The highest BCUT2D eigenvalue weighted by atomic mass is 19.4. The number of aromatic nitrogens is 2. The molecule has 0 unspecified atom stereocenters. The number of benzene rings is 2. The Balaban J connectivity index is 1.78. The van der Waals surface area contributed by atoms with E-state index in [0.29, 0.717) is 0 Å². The molecule has 0 radical (unpaired) electrons. The van der Waals surface area contributed by atoms with E-state index in [-0.39, 0.29) is 17.3 Å². The molecule has 28 heavy (non-hydrogen) atoms. The molecule has 0 atom stereocenters. The molecule has 0 spiro atoms. The average Bonchev–Trinajstić information content (AvgIpc) is 2.65. The first-order valence-electron chi connectivity index (χ1n) is 8.39. The topological polar surface area (TPSA) is 66.9 Å². The molecule has 0 bridgehead atoms. The van der Waals surface area contributed by atoms with Crippen LogP contribution >= 0.6 is 0 Å². The summed E-state index contributed by atoms with van der Waals surface area (Å²) in [4.78, 5) is 20.6. The number of rotatable bonds is 4. The first kappa shape index (κ1) is 19.3. The van der Waals surface area contributed by atoms with Crippen LogP contribution in [0.4, 0.5) is 30.5 Å². The van der Waals surface area contributed by atoms with E-state index in [4.69, 9.17) is 0 Å². The van der Waals surface area contributed by atoms with E-state index in [0.717, 1.165) is 28.9 Å². The van der Waals surface area contributed by atoms with Crippen LogP contribution in [-0.4, -0.2) is 15.9 Å². The summed E-state index contributed by atoms with van der Waals surface area (Å²) < 4.78 is 38.4. The molecule has 1 heterocycles. The zero-order valence-corrected chi connectivity index (χ0v) is 15.1. The summed E-state index contributed by atoms with van der Waals surface area (Å²) in [5.41, 5.74) is 2.12. The molecule has 0 aliphatic heterocycles.